The van der Waals surface area contributed by atoms with Crippen LogP contribution in [-0.4, -0.2) is 56.0 Å². The Hall–Kier alpha value is -1.77. The number of rotatable bonds is 3. The molecule has 2 aliphatic carbocycles. The van der Waals surface area contributed by atoms with Crippen LogP contribution >= 0.6 is 0 Å². The molecule has 0 amide bonds. The maximum absolute atomic E-state index is 13.1. The zero-order valence-electron chi connectivity index (χ0n) is 20.2. The first-order chi connectivity index (χ1) is 16.1. The number of hydrogen-bond acceptors (Lipinski definition) is 4. The second kappa shape index (κ2) is 9.60. The van der Waals surface area contributed by atoms with Crippen molar-refractivity contribution < 1.29 is 45.1 Å². The van der Waals surface area contributed by atoms with E-state index in [4.69, 9.17) is 4.74 Å². The first-order valence-corrected chi connectivity index (χ1v) is 12.4. The summed E-state index contributed by atoms with van der Waals surface area (Å²) in [4.78, 5) is 16.1. The molecule has 0 spiro atoms. The van der Waals surface area contributed by atoms with Crippen molar-refractivity contribution in [2.24, 2.45) is 23.2 Å². The van der Waals surface area contributed by atoms with Crippen LogP contribution in [0.1, 0.15) is 38.7 Å². The number of piperazine rings is 1. The average Bonchev–Trinajstić information content (AvgIpc) is 3.11. The highest BCUT2D eigenvalue weighted by atomic mass is 35.5. The zero-order valence-corrected chi connectivity index (χ0v) is 20.9. The van der Waals surface area contributed by atoms with E-state index in [-0.39, 0.29) is 41.7 Å². The lowest BCUT2D eigenvalue weighted by molar-refractivity contribution is -0.903. The Bertz CT molecular complexity index is 979. The summed E-state index contributed by atoms with van der Waals surface area (Å²) in [6.07, 6.45) is -0.240. The van der Waals surface area contributed by atoms with Crippen LogP contribution in [0.3, 0.4) is 0 Å². The average molecular weight is 515 g/mol. The van der Waals surface area contributed by atoms with Crippen molar-refractivity contribution in [1.29, 1.82) is 0 Å². The summed E-state index contributed by atoms with van der Waals surface area (Å²) >= 11 is 0. The van der Waals surface area contributed by atoms with Crippen LogP contribution in [0.15, 0.2) is 35.9 Å². The van der Waals surface area contributed by atoms with Crippen LogP contribution in [0.25, 0.3) is 0 Å². The van der Waals surface area contributed by atoms with Gasteiger partial charge in [-0.15, -0.1) is 0 Å². The van der Waals surface area contributed by atoms with Gasteiger partial charge in [-0.05, 0) is 37.0 Å². The number of carbonyl (C=O) groups is 1. The van der Waals surface area contributed by atoms with E-state index in [1.807, 2.05) is 4.90 Å². The van der Waals surface area contributed by atoms with E-state index in [1.165, 1.54) is 22.6 Å². The van der Waals surface area contributed by atoms with Crippen molar-refractivity contribution >= 4 is 11.7 Å². The van der Waals surface area contributed by atoms with Crippen molar-refractivity contribution in [3.8, 4) is 0 Å². The third-order valence-corrected chi connectivity index (χ3v) is 9.09. The molecule has 35 heavy (non-hydrogen) atoms. The van der Waals surface area contributed by atoms with Crippen LogP contribution in [0.4, 0.5) is 18.9 Å². The number of nitrogens with zero attached hydrogens (tertiary/aromatic N) is 1. The van der Waals surface area contributed by atoms with Crippen molar-refractivity contribution in [3.63, 3.8) is 0 Å². The quantitative estimate of drug-likeness (QED) is 0.430. The van der Waals surface area contributed by atoms with Crippen LogP contribution in [0, 0.1) is 23.2 Å². The van der Waals surface area contributed by atoms with E-state index in [0.717, 1.165) is 32.0 Å². The van der Waals surface area contributed by atoms with Crippen LogP contribution in [0.5, 0.6) is 0 Å². The molecule has 1 aromatic rings. The van der Waals surface area contributed by atoms with Gasteiger partial charge >= 0.3 is 12.1 Å². The Kier molecular flexibility index (Phi) is 7.21. The number of alkyl halides is 3. The molecule has 194 valence electrons. The van der Waals surface area contributed by atoms with Gasteiger partial charge < -0.3 is 32.1 Å². The molecule has 3 unspecified atom stereocenters. The molecule has 2 aliphatic heterocycles. The number of hydrogen-bond donors (Lipinski definition) is 2. The SMILES string of the molecule is CC1CCC=C2C[C@H]3OC(=O)C(C[NH+]4CCN(c5cccc(C(F)(F)F)c5)CC4)[C@H]3C(O)[C@@]21C.[Cl-]. The molecule has 0 bridgehead atoms. The Balaban J connectivity index is 0.00000289. The summed E-state index contributed by atoms with van der Waals surface area (Å²) in [7, 11) is 0. The van der Waals surface area contributed by atoms with Crippen LogP contribution < -0.4 is 22.2 Å². The number of halogens is 4. The minimum Gasteiger partial charge on any atom is -1.00 e. The van der Waals surface area contributed by atoms with Gasteiger partial charge in [0.2, 0.25) is 0 Å². The second-order valence-corrected chi connectivity index (χ2v) is 10.8. The number of carbonyl (C=O) groups excluding carboxylic acids is 1. The van der Waals surface area contributed by atoms with Crippen molar-refractivity contribution in [2.45, 2.75) is 51.5 Å². The summed E-state index contributed by atoms with van der Waals surface area (Å²) in [5.74, 6) is -0.410. The Labute approximate surface area is 210 Å². The van der Waals surface area contributed by atoms with Gasteiger partial charge in [-0.1, -0.05) is 31.6 Å². The lowest BCUT2D eigenvalue weighted by atomic mass is 9.55. The normalized spacial score (nSPS) is 35.5. The standard InChI is InChI=1S/C26H33F3N2O3.ClH/c1-16-5-3-6-17-14-21-22(23(32)25(16,17)2)20(24(33)34-21)15-30-9-11-31(12-10-30)19-8-4-7-18(13-19)26(27,28)29;/h4,6-8,13,16,20-23,32H,3,5,9-12,14-15H2,1-2H3;1H/t16?,20?,21-,22-,23?,25-;/m1./s1. The number of allylic oxidation sites excluding steroid dienone is 1. The number of esters is 1. The molecule has 1 saturated carbocycles. The van der Waals surface area contributed by atoms with Crippen LogP contribution in [0.2, 0.25) is 0 Å². The molecule has 1 aromatic carbocycles. The number of nitrogens with one attached hydrogen (secondary N) is 1. The molecule has 3 fully saturated rings. The molecule has 5 nitrogen and oxygen atoms in total. The van der Waals surface area contributed by atoms with Crippen molar-refractivity contribution in [2.75, 3.05) is 37.6 Å². The van der Waals surface area contributed by atoms with Gasteiger partial charge in [0.15, 0.2) is 0 Å². The number of benzene rings is 1. The molecule has 0 radical (unpaired) electrons. The summed E-state index contributed by atoms with van der Waals surface area (Å²) in [5.41, 5.74) is 0.860. The van der Waals surface area contributed by atoms with Crippen LogP contribution in [-0.2, 0) is 15.7 Å². The van der Waals surface area contributed by atoms with E-state index in [9.17, 15) is 23.1 Å². The van der Waals surface area contributed by atoms with Crippen molar-refractivity contribution in [1.82, 2.24) is 0 Å². The molecule has 2 heterocycles. The fourth-order valence-corrected chi connectivity index (χ4v) is 6.77. The summed E-state index contributed by atoms with van der Waals surface area (Å²) in [6, 6.07) is 5.47. The number of quaternary nitrogens is 1. The zero-order chi connectivity index (χ0) is 24.3. The Morgan fingerprint density at radius 2 is 1.97 bits per heavy atom. The van der Waals surface area contributed by atoms with Gasteiger partial charge in [0, 0.05) is 23.4 Å². The van der Waals surface area contributed by atoms with E-state index >= 15 is 0 Å². The highest BCUT2D eigenvalue weighted by Gasteiger charge is 2.60. The van der Waals surface area contributed by atoms with E-state index in [1.54, 1.807) is 6.07 Å². The lowest BCUT2D eigenvalue weighted by Gasteiger charge is -2.51. The molecular weight excluding hydrogens is 481 g/mol. The van der Waals surface area contributed by atoms with E-state index in [2.05, 4.69) is 19.9 Å². The van der Waals surface area contributed by atoms with Gasteiger partial charge in [0.1, 0.15) is 12.0 Å². The molecule has 2 N–H and O–H groups in total. The van der Waals surface area contributed by atoms with Gasteiger partial charge in [0.05, 0.1) is 44.4 Å². The molecule has 9 heteroatoms. The highest BCUT2D eigenvalue weighted by molar-refractivity contribution is 5.76. The number of anilines is 1. The fraction of sp³-hybridized carbons (Fsp3) is 0.654. The Morgan fingerprint density at radius 3 is 2.66 bits per heavy atom. The summed E-state index contributed by atoms with van der Waals surface area (Å²) in [5, 5.41) is 11.5. The monoisotopic (exact) mass is 514 g/mol. The molecule has 5 rings (SSSR count). The smallest absolute Gasteiger partial charge is 0.416 e. The minimum absolute atomic E-state index is 0. The first kappa shape index (κ1) is 26.3. The van der Waals surface area contributed by atoms with E-state index in [0.29, 0.717) is 37.7 Å². The third-order valence-electron chi connectivity index (χ3n) is 9.09. The molecule has 4 aliphatic rings. The van der Waals surface area contributed by atoms with Gasteiger partial charge in [-0.2, -0.15) is 13.2 Å². The van der Waals surface area contributed by atoms with Gasteiger partial charge in [0.25, 0.3) is 0 Å². The number of aliphatic hydroxyl groups is 1. The number of aliphatic hydroxyl groups excluding tert-OH is 1. The minimum atomic E-state index is -4.36. The maximum atomic E-state index is 13.1. The Morgan fingerprint density at radius 1 is 1.26 bits per heavy atom. The third kappa shape index (κ3) is 4.58. The number of ether oxygens (including phenoxy) is 1. The lowest BCUT2D eigenvalue weighted by Crippen LogP contribution is -3.15. The number of fused-ring (bicyclic) bond motifs is 2. The predicted molar refractivity (Wildman–Crippen MR) is 121 cm³/mol. The molecule has 0 aromatic heterocycles. The van der Waals surface area contributed by atoms with E-state index < -0.39 is 17.8 Å². The maximum Gasteiger partial charge on any atom is 0.416 e. The predicted octanol–water partition coefficient (Wildman–Crippen LogP) is -0.301. The second-order valence-electron chi connectivity index (χ2n) is 10.8. The van der Waals surface area contributed by atoms with Gasteiger partial charge in [-0.3, -0.25) is 4.79 Å². The summed E-state index contributed by atoms with van der Waals surface area (Å²) < 4.78 is 45.1. The topological polar surface area (TPSA) is 54.2 Å². The fourth-order valence-electron chi connectivity index (χ4n) is 6.77. The molecular formula is C26H34ClF3N2O3. The first-order valence-electron chi connectivity index (χ1n) is 12.4. The highest BCUT2D eigenvalue weighted by Crippen LogP contribution is 2.55. The summed E-state index contributed by atoms with van der Waals surface area (Å²) in [6.45, 7) is 7.63. The molecule has 2 saturated heterocycles. The van der Waals surface area contributed by atoms with Crippen molar-refractivity contribution in [3.05, 3.63) is 41.5 Å². The molecule has 6 atom stereocenters. The van der Waals surface area contributed by atoms with Gasteiger partial charge in [-0.25, -0.2) is 0 Å². The largest absolute Gasteiger partial charge is 1.00 e.